The molecule has 22 heavy (non-hydrogen) atoms. The summed E-state index contributed by atoms with van der Waals surface area (Å²) in [7, 11) is 0. The Hall–Kier alpha value is -2.74. The third-order valence-corrected chi connectivity index (χ3v) is 2.55. The molecule has 1 amide bonds. The van der Waals surface area contributed by atoms with Crippen LogP contribution in [0.5, 0.6) is 11.5 Å². The van der Waals surface area contributed by atoms with Gasteiger partial charge in [-0.2, -0.15) is 5.10 Å². The van der Waals surface area contributed by atoms with Crippen LogP contribution in [0.25, 0.3) is 0 Å². The molecule has 1 aromatic rings. The number of allylic oxidation sites excluding steroid dienone is 1. The topological polar surface area (TPSA) is 59.9 Å². The minimum atomic E-state index is -0.235. The van der Waals surface area contributed by atoms with Gasteiger partial charge >= 0.3 is 0 Å². The fourth-order valence-electron chi connectivity index (χ4n) is 1.80. The van der Waals surface area contributed by atoms with Crippen LogP contribution in [0.15, 0.2) is 29.9 Å². The molecule has 0 aliphatic carbocycles. The number of carbonyl (C=O) groups excluding carboxylic acids is 1. The molecule has 0 heterocycles. The molecule has 0 aliphatic heterocycles. The number of rotatable bonds is 8. The average molecular weight is 300 g/mol. The molecule has 0 radical (unpaired) electrons. The van der Waals surface area contributed by atoms with Gasteiger partial charge in [-0.1, -0.05) is 12.0 Å². The van der Waals surface area contributed by atoms with Crippen LogP contribution in [0, 0.1) is 12.3 Å². The highest BCUT2D eigenvalue weighted by atomic mass is 16.5. The zero-order valence-electron chi connectivity index (χ0n) is 12.9. The molecule has 0 bridgehead atoms. The van der Waals surface area contributed by atoms with Crippen molar-refractivity contribution in [3.8, 4) is 23.8 Å². The zero-order chi connectivity index (χ0) is 16.4. The van der Waals surface area contributed by atoms with Gasteiger partial charge in [-0.15, -0.1) is 13.0 Å². The first-order chi connectivity index (χ1) is 10.6. The van der Waals surface area contributed by atoms with Gasteiger partial charge in [0.25, 0.3) is 0 Å². The summed E-state index contributed by atoms with van der Waals surface area (Å²) in [6.07, 6.45) is 9.16. The van der Waals surface area contributed by atoms with Crippen LogP contribution in [0.4, 0.5) is 0 Å². The lowest BCUT2D eigenvalue weighted by Gasteiger charge is -2.15. The fourth-order valence-corrected chi connectivity index (χ4v) is 1.80. The molecule has 0 fully saturated rings. The third-order valence-electron chi connectivity index (χ3n) is 2.55. The summed E-state index contributed by atoms with van der Waals surface area (Å²) in [6.45, 7) is 7.67. The van der Waals surface area contributed by atoms with Crippen LogP contribution in [0.1, 0.15) is 25.0 Å². The maximum Gasteiger partial charge on any atom is 0.236 e. The molecule has 0 unspecified atom stereocenters. The van der Waals surface area contributed by atoms with E-state index in [9.17, 15) is 4.79 Å². The number of terminal acetylenes is 1. The smallest absolute Gasteiger partial charge is 0.236 e. The molecule has 1 aromatic carbocycles. The maximum atomic E-state index is 10.8. The van der Waals surface area contributed by atoms with E-state index in [-0.39, 0.29) is 12.5 Å². The molecule has 116 valence electrons. The highest BCUT2D eigenvalue weighted by Crippen LogP contribution is 2.33. The van der Waals surface area contributed by atoms with Crippen molar-refractivity contribution < 1.29 is 14.3 Å². The zero-order valence-corrected chi connectivity index (χ0v) is 12.9. The van der Waals surface area contributed by atoms with Crippen molar-refractivity contribution in [3.63, 3.8) is 0 Å². The van der Waals surface area contributed by atoms with E-state index in [1.54, 1.807) is 18.4 Å². The van der Waals surface area contributed by atoms with Crippen molar-refractivity contribution in [3.05, 3.63) is 35.9 Å². The lowest BCUT2D eigenvalue weighted by molar-refractivity contribution is -0.118. The highest BCUT2D eigenvalue weighted by Gasteiger charge is 2.12. The molecule has 0 aromatic heterocycles. The summed E-state index contributed by atoms with van der Waals surface area (Å²) in [5.74, 6) is 3.40. The maximum absolute atomic E-state index is 10.8. The van der Waals surface area contributed by atoms with Gasteiger partial charge in [-0.3, -0.25) is 4.79 Å². The lowest BCUT2D eigenvalue weighted by atomic mass is 10.1. The molecule has 1 rings (SSSR count). The van der Waals surface area contributed by atoms with Crippen LogP contribution in [-0.4, -0.2) is 25.3 Å². The molecule has 0 atom stereocenters. The van der Waals surface area contributed by atoms with Crippen molar-refractivity contribution in [2.24, 2.45) is 5.10 Å². The number of nitrogens with one attached hydrogen (secondary N) is 1. The molecule has 0 aliphatic rings. The van der Waals surface area contributed by atoms with Crippen LogP contribution >= 0.6 is 0 Å². The van der Waals surface area contributed by atoms with E-state index in [1.165, 1.54) is 6.92 Å². The Balaban J connectivity index is 3.20. The normalized spacial score (nSPS) is 10.0. The van der Waals surface area contributed by atoms with E-state index in [0.717, 1.165) is 11.1 Å². The molecule has 0 spiro atoms. The van der Waals surface area contributed by atoms with Crippen molar-refractivity contribution in [1.29, 1.82) is 0 Å². The summed E-state index contributed by atoms with van der Waals surface area (Å²) in [4.78, 5) is 10.8. The van der Waals surface area contributed by atoms with Crippen molar-refractivity contribution in [2.75, 3.05) is 13.2 Å². The van der Waals surface area contributed by atoms with E-state index in [1.807, 2.05) is 13.0 Å². The van der Waals surface area contributed by atoms with Gasteiger partial charge < -0.3 is 9.47 Å². The van der Waals surface area contributed by atoms with E-state index >= 15 is 0 Å². The Morgan fingerprint density at radius 2 is 2.27 bits per heavy atom. The number of amides is 1. The number of ether oxygens (including phenoxy) is 2. The Morgan fingerprint density at radius 3 is 2.86 bits per heavy atom. The lowest BCUT2D eigenvalue weighted by Crippen LogP contribution is -2.12. The molecular formula is C17H20N2O3. The molecule has 0 saturated carbocycles. The number of hydrogen-bond donors (Lipinski definition) is 1. The molecule has 5 nitrogen and oxygen atoms in total. The van der Waals surface area contributed by atoms with Gasteiger partial charge in [0, 0.05) is 12.5 Å². The van der Waals surface area contributed by atoms with E-state index < -0.39 is 0 Å². The molecule has 0 saturated heterocycles. The molecular weight excluding hydrogens is 280 g/mol. The second-order valence-corrected chi connectivity index (χ2v) is 4.35. The van der Waals surface area contributed by atoms with Crippen LogP contribution < -0.4 is 14.9 Å². The number of hydrazone groups is 1. The third kappa shape index (κ3) is 5.33. The Morgan fingerprint density at radius 1 is 1.50 bits per heavy atom. The van der Waals surface area contributed by atoms with Gasteiger partial charge in [0.1, 0.15) is 6.61 Å². The van der Waals surface area contributed by atoms with E-state index in [4.69, 9.17) is 15.9 Å². The standard InChI is InChI=1S/C17H20N2O3/c1-5-8-15-10-14(12-18-19-13(4)20)11-16(21-7-3)17(15)22-9-6-2/h2,5,10-12H,1,7-9H2,3-4H3,(H,19,20)/b18-12-. The monoisotopic (exact) mass is 300 g/mol. The first-order valence-corrected chi connectivity index (χ1v) is 6.88. The second kappa shape index (κ2) is 9.24. The van der Waals surface area contributed by atoms with Crippen molar-refractivity contribution >= 4 is 12.1 Å². The van der Waals surface area contributed by atoms with Gasteiger partial charge in [0.05, 0.1) is 12.8 Å². The summed E-state index contributed by atoms with van der Waals surface area (Å²) in [5.41, 5.74) is 4.03. The fraction of sp³-hybridized carbons (Fsp3) is 0.294. The average Bonchev–Trinajstić information content (AvgIpc) is 2.47. The predicted molar refractivity (Wildman–Crippen MR) is 87.3 cm³/mol. The summed E-state index contributed by atoms with van der Waals surface area (Å²) in [5, 5.41) is 3.86. The second-order valence-electron chi connectivity index (χ2n) is 4.35. The first kappa shape index (κ1) is 17.3. The quantitative estimate of drug-likeness (QED) is 0.347. The summed E-state index contributed by atoms with van der Waals surface area (Å²) < 4.78 is 11.2. The van der Waals surface area contributed by atoms with Crippen LogP contribution in [0.3, 0.4) is 0 Å². The Kier molecular flexibility index (Phi) is 7.27. The van der Waals surface area contributed by atoms with Gasteiger partial charge in [-0.05, 0) is 31.0 Å². The largest absolute Gasteiger partial charge is 0.490 e. The molecule has 1 N–H and O–H groups in total. The highest BCUT2D eigenvalue weighted by molar-refractivity contribution is 5.83. The van der Waals surface area contributed by atoms with Gasteiger partial charge in [0.2, 0.25) is 5.91 Å². The number of benzene rings is 1. The number of carbonyl (C=O) groups is 1. The SMILES string of the molecule is C#CCOc1c(CC=C)cc(/C=N\NC(C)=O)cc1OCC. The summed E-state index contributed by atoms with van der Waals surface area (Å²) in [6, 6.07) is 3.68. The first-order valence-electron chi connectivity index (χ1n) is 6.88. The summed E-state index contributed by atoms with van der Waals surface area (Å²) >= 11 is 0. The number of hydrogen-bond acceptors (Lipinski definition) is 4. The number of nitrogens with zero attached hydrogens (tertiary/aromatic N) is 1. The van der Waals surface area contributed by atoms with Crippen LogP contribution in [0.2, 0.25) is 0 Å². The molecule has 5 heteroatoms. The van der Waals surface area contributed by atoms with Crippen LogP contribution in [-0.2, 0) is 11.2 Å². The van der Waals surface area contributed by atoms with Gasteiger partial charge in [0.15, 0.2) is 11.5 Å². The van der Waals surface area contributed by atoms with Gasteiger partial charge in [-0.25, -0.2) is 5.43 Å². The predicted octanol–water partition coefficient (Wildman–Crippen LogP) is 2.30. The van der Waals surface area contributed by atoms with Crippen molar-refractivity contribution in [1.82, 2.24) is 5.43 Å². The van der Waals surface area contributed by atoms with E-state index in [2.05, 4.69) is 23.0 Å². The Bertz CT molecular complexity index is 601. The minimum Gasteiger partial charge on any atom is -0.490 e. The Labute approximate surface area is 131 Å². The van der Waals surface area contributed by atoms with E-state index in [0.29, 0.717) is 24.5 Å². The van der Waals surface area contributed by atoms with Crippen molar-refractivity contribution in [2.45, 2.75) is 20.3 Å². The minimum absolute atomic E-state index is 0.156.